The van der Waals surface area contributed by atoms with Crippen LogP contribution in [0.3, 0.4) is 0 Å². The van der Waals surface area contributed by atoms with Crippen LogP contribution in [-0.4, -0.2) is 17.1 Å². The van der Waals surface area contributed by atoms with Gasteiger partial charge in [0.1, 0.15) is 11.9 Å². The number of hydrogen-bond acceptors (Lipinski definition) is 3. The van der Waals surface area contributed by atoms with Crippen molar-refractivity contribution in [1.82, 2.24) is 4.98 Å². The summed E-state index contributed by atoms with van der Waals surface area (Å²) in [5.74, 6) is 0.676. The van der Waals surface area contributed by atoms with Gasteiger partial charge in [-0.1, -0.05) is 61.5 Å². The van der Waals surface area contributed by atoms with Gasteiger partial charge in [0.25, 0.3) is 0 Å². The van der Waals surface area contributed by atoms with E-state index in [1.54, 1.807) is 12.3 Å². The van der Waals surface area contributed by atoms with E-state index in [9.17, 15) is 9.18 Å². The second-order valence-corrected chi connectivity index (χ2v) is 9.36. The molecular weight excluding hydrogens is 413 g/mol. The Morgan fingerprint density at radius 1 is 0.970 bits per heavy atom. The van der Waals surface area contributed by atoms with Crippen molar-refractivity contribution in [2.24, 2.45) is 23.7 Å². The SMILES string of the molecule is CC1C(c2ccccc2)CC2C(=O)O[C@H](C)C2C1/C=C/c1ccc(-c2cccc(F)c2)cn1. The topological polar surface area (TPSA) is 39.2 Å². The van der Waals surface area contributed by atoms with Crippen LogP contribution in [0.1, 0.15) is 37.4 Å². The van der Waals surface area contributed by atoms with Gasteiger partial charge in [-0.05, 0) is 66.5 Å². The molecule has 2 heterocycles. The molecule has 3 aromatic rings. The van der Waals surface area contributed by atoms with Crippen LogP contribution in [0, 0.1) is 29.5 Å². The van der Waals surface area contributed by atoms with Gasteiger partial charge in [0.2, 0.25) is 0 Å². The maximum absolute atomic E-state index is 13.5. The molecule has 1 saturated carbocycles. The molecule has 1 aliphatic heterocycles. The number of cyclic esters (lactones) is 1. The van der Waals surface area contributed by atoms with E-state index < -0.39 is 0 Å². The Hall–Kier alpha value is -3.27. The molecule has 1 aliphatic carbocycles. The van der Waals surface area contributed by atoms with Crippen molar-refractivity contribution >= 4 is 12.0 Å². The molecule has 6 atom stereocenters. The highest BCUT2D eigenvalue weighted by Crippen LogP contribution is 2.52. The Morgan fingerprint density at radius 2 is 1.79 bits per heavy atom. The number of carbonyl (C=O) groups is 1. The lowest BCUT2D eigenvalue weighted by Crippen LogP contribution is -2.39. The summed E-state index contributed by atoms with van der Waals surface area (Å²) in [4.78, 5) is 17.2. The molecule has 2 aromatic carbocycles. The first-order chi connectivity index (χ1) is 16.0. The van der Waals surface area contributed by atoms with E-state index >= 15 is 0 Å². The standard InChI is InChI=1S/C29H28FNO2/c1-18-25(14-13-24-12-11-22(17-31-24)21-9-6-10-23(30)15-21)28-19(2)33-29(32)27(28)16-26(18)20-7-4-3-5-8-20/h3-15,17-19,25-28H,16H2,1-2H3/b14-13+/t18?,19-,25?,26?,27?,28?/m1/s1. The first kappa shape index (κ1) is 21.6. The summed E-state index contributed by atoms with van der Waals surface area (Å²) in [5, 5.41) is 0. The fourth-order valence-electron chi connectivity index (χ4n) is 5.77. The van der Waals surface area contributed by atoms with Crippen LogP contribution in [-0.2, 0) is 9.53 Å². The Labute approximate surface area is 194 Å². The van der Waals surface area contributed by atoms with E-state index in [0.717, 1.165) is 23.2 Å². The molecule has 1 saturated heterocycles. The Balaban J connectivity index is 1.42. The van der Waals surface area contributed by atoms with E-state index in [4.69, 9.17) is 4.74 Å². The van der Waals surface area contributed by atoms with Crippen LogP contribution in [0.2, 0.25) is 0 Å². The van der Waals surface area contributed by atoms with Crippen LogP contribution < -0.4 is 0 Å². The van der Waals surface area contributed by atoms with Crippen LogP contribution in [0.5, 0.6) is 0 Å². The van der Waals surface area contributed by atoms with Crippen molar-refractivity contribution in [3.8, 4) is 11.1 Å². The van der Waals surface area contributed by atoms with Gasteiger partial charge >= 0.3 is 5.97 Å². The summed E-state index contributed by atoms with van der Waals surface area (Å²) in [6.07, 6.45) is 6.80. The number of esters is 1. The van der Waals surface area contributed by atoms with Gasteiger partial charge in [0.15, 0.2) is 0 Å². The van der Waals surface area contributed by atoms with Crippen molar-refractivity contribution in [2.75, 3.05) is 0 Å². The van der Waals surface area contributed by atoms with Gasteiger partial charge in [-0.25, -0.2) is 4.39 Å². The predicted octanol–water partition coefficient (Wildman–Crippen LogP) is 6.52. The summed E-state index contributed by atoms with van der Waals surface area (Å²) in [6.45, 7) is 4.31. The molecule has 2 fully saturated rings. The van der Waals surface area contributed by atoms with Crippen molar-refractivity contribution in [3.05, 3.63) is 96.1 Å². The van der Waals surface area contributed by atoms with Crippen LogP contribution in [0.4, 0.5) is 4.39 Å². The zero-order chi connectivity index (χ0) is 22.9. The lowest BCUT2D eigenvalue weighted by Gasteiger charge is -2.42. The molecule has 0 bridgehead atoms. The maximum Gasteiger partial charge on any atom is 0.309 e. The Bertz CT molecular complexity index is 1160. The number of fused-ring (bicyclic) bond motifs is 1. The summed E-state index contributed by atoms with van der Waals surface area (Å²) in [7, 11) is 0. The van der Waals surface area contributed by atoms with Gasteiger partial charge in [-0.3, -0.25) is 9.78 Å². The quantitative estimate of drug-likeness (QED) is 0.433. The lowest BCUT2D eigenvalue weighted by atomic mass is 9.60. The fourth-order valence-corrected chi connectivity index (χ4v) is 5.77. The van der Waals surface area contributed by atoms with Crippen molar-refractivity contribution in [2.45, 2.75) is 32.3 Å². The normalized spacial score (nSPS) is 29.1. The molecular formula is C29H28FNO2. The zero-order valence-corrected chi connectivity index (χ0v) is 18.9. The second-order valence-electron chi connectivity index (χ2n) is 9.36. The highest BCUT2D eigenvalue weighted by molar-refractivity contribution is 5.76. The molecule has 33 heavy (non-hydrogen) atoms. The number of nitrogens with zero attached hydrogens (tertiary/aromatic N) is 1. The molecule has 0 amide bonds. The third-order valence-corrected chi connectivity index (χ3v) is 7.47. The minimum atomic E-state index is -0.257. The molecule has 3 nitrogen and oxygen atoms in total. The molecule has 2 aliphatic rings. The first-order valence-electron chi connectivity index (χ1n) is 11.7. The third-order valence-electron chi connectivity index (χ3n) is 7.47. The monoisotopic (exact) mass is 441 g/mol. The van der Waals surface area contributed by atoms with Crippen molar-refractivity contribution < 1.29 is 13.9 Å². The molecule has 168 valence electrons. The third kappa shape index (κ3) is 4.22. The van der Waals surface area contributed by atoms with Gasteiger partial charge in [0.05, 0.1) is 11.6 Å². The number of carbonyl (C=O) groups excluding carboxylic acids is 1. The van der Waals surface area contributed by atoms with Crippen LogP contribution in [0.15, 0.2) is 79.0 Å². The number of benzene rings is 2. The smallest absolute Gasteiger partial charge is 0.309 e. The molecule has 5 rings (SSSR count). The van der Waals surface area contributed by atoms with E-state index in [1.807, 2.05) is 31.2 Å². The summed E-state index contributed by atoms with van der Waals surface area (Å²) in [6, 6.07) is 20.9. The Morgan fingerprint density at radius 3 is 2.52 bits per heavy atom. The molecule has 4 heteroatoms. The molecule has 5 unspecified atom stereocenters. The van der Waals surface area contributed by atoms with E-state index in [2.05, 4.69) is 48.3 Å². The number of rotatable bonds is 4. The van der Waals surface area contributed by atoms with Gasteiger partial charge in [-0.15, -0.1) is 0 Å². The zero-order valence-electron chi connectivity index (χ0n) is 18.9. The van der Waals surface area contributed by atoms with Gasteiger partial charge in [0, 0.05) is 17.7 Å². The fraction of sp³-hybridized carbons (Fsp3) is 0.310. The maximum atomic E-state index is 13.5. The minimum Gasteiger partial charge on any atom is -0.462 e. The average Bonchev–Trinajstić information content (AvgIpc) is 3.12. The number of allylic oxidation sites excluding steroid dienone is 1. The van der Waals surface area contributed by atoms with Crippen molar-refractivity contribution in [3.63, 3.8) is 0 Å². The lowest BCUT2D eigenvalue weighted by molar-refractivity contribution is -0.144. The van der Waals surface area contributed by atoms with E-state index in [1.165, 1.54) is 17.7 Å². The minimum absolute atomic E-state index is 0.0590. The summed E-state index contributed by atoms with van der Waals surface area (Å²) >= 11 is 0. The highest BCUT2D eigenvalue weighted by Gasteiger charge is 2.52. The number of pyridine rings is 1. The Kier molecular flexibility index (Phi) is 5.84. The largest absolute Gasteiger partial charge is 0.462 e. The summed E-state index contributed by atoms with van der Waals surface area (Å²) in [5.41, 5.74) is 3.82. The summed E-state index contributed by atoms with van der Waals surface area (Å²) < 4.78 is 19.2. The van der Waals surface area contributed by atoms with Crippen LogP contribution in [0.25, 0.3) is 17.2 Å². The average molecular weight is 442 g/mol. The number of hydrogen-bond donors (Lipinski definition) is 0. The van der Waals surface area contributed by atoms with Crippen molar-refractivity contribution in [1.29, 1.82) is 0 Å². The molecule has 1 aromatic heterocycles. The number of ether oxygens (including phenoxy) is 1. The van der Waals surface area contributed by atoms with E-state index in [0.29, 0.717) is 11.8 Å². The van der Waals surface area contributed by atoms with Gasteiger partial charge in [-0.2, -0.15) is 0 Å². The first-order valence-corrected chi connectivity index (χ1v) is 11.7. The van der Waals surface area contributed by atoms with Gasteiger partial charge < -0.3 is 4.74 Å². The second kappa shape index (κ2) is 8.93. The molecule has 0 spiro atoms. The number of halogens is 1. The van der Waals surface area contributed by atoms with Crippen LogP contribution >= 0.6 is 0 Å². The highest BCUT2D eigenvalue weighted by atomic mass is 19.1. The molecule has 0 N–H and O–H groups in total. The number of aromatic nitrogens is 1. The van der Waals surface area contributed by atoms with E-state index in [-0.39, 0.29) is 35.6 Å². The predicted molar refractivity (Wildman–Crippen MR) is 128 cm³/mol. The molecule has 0 radical (unpaired) electrons.